The zero-order valence-corrected chi connectivity index (χ0v) is 12.0. The molecule has 0 bridgehead atoms. The summed E-state index contributed by atoms with van der Waals surface area (Å²) in [7, 11) is 0. The fraction of sp³-hybridized carbons (Fsp3) is 0.400. The van der Waals surface area contributed by atoms with Crippen LogP contribution >= 0.6 is 0 Å². The third kappa shape index (κ3) is 2.89. The van der Waals surface area contributed by atoms with E-state index in [9.17, 15) is 9.90 Å². The van der Waals surface area contributed by atoms with Gasteiger partial charge in [-0.15, -0.1) is 0 Å². The average molecular weight is 287 g/mol. The molecular formula is C15H17N3O3. The maximum atomic E-state index is 12.2. The molecule has 1 unspecified atom stereocenters. The summed E-state index contributed by atoms with van der Waals surface area (Å²) >= 11 is 0. The minimum Gasteiger partial charge on any atom is -0.508 e. The lowest BCUT2D eigenvalue weighted by molar-refractivity contribution is 0.0932. The average Bonchev–Trinajstić information content (AvgIpc) is 3.16. The maximum absolute atomic E-state index is 12.2. The second kappa shape index (κ2) is 5.20. The van der Waals surface area contributed by atoms with E-state index in [0.29, 0.717) is 22.9 Å². The Hall–Kier alpha value is -2.37. The Morgan fingerprint density at radius 1 is 1.48 bits per heavy atom. The number of hydrogen-bond acceptors (Lipinski definition) is 5. The quantitative estimate of drug-likeness (QED) is 0.901. The number of benzene rings is 1. The highest BCUT2D eigenvalue weighted by molar-refractivity contribution is 5.95. The molecule has 1 aliphatic rings. The third-order valence-electron chi connectivity index (χ3n) is 3.57. The van der Waals surface area contributed by atoms with E-state index in [-0.39, 0.29) is 17.7 Å². The van der Waals surface area contributed by atoms with Gasteiger partial charge in [-0.3, -0.25) is 4.79 Å². The fourth-order valence-electron chi connectivity index (χ4n) is 2.17. The Labute approximate surface area is 122 Å². The van der Waals surface area contributed by atoms with Gasteiger partial charge in [0.05, 0.1) is 0 Å². The summed E-state index contributed by atoms with van der Waals surface area (Å²) < 4.78 is 5.20. The van der Waals surface area contributed by atoms with Crippen molar-refractivity contribution in [2.45, 2.75) is 38.6 Å². The second-order valence-corrected chi connectivity index (χ2v) is 5.46. The SMILES string of the molecule is Cc1cc(O)ccc1C(=O)NC(C)c1nc(C2CC2)no1. The van der Waals surface area contributed by atoms with Crippen molar-refractivity contribution < 1.29 is 14.4 Å². The van der Waals surface area contributed by atoms with E-state index in [1.165, 1.54) is 6.07 Å². The molecule has 1 aromatic heterocycles. The summed E-state index contributed by atoms with van der Waals surface area (Å²) in [4.78, 5) is 16.6. The van der Waals surface area contributed by atoms with Crippen LogP contribution in [0.3, 0.4) is 0 Å². The van der Waals surface area contributed by atoms with Crippen molar-refractivity contribution in [3.63, 3.8) is 0 Å². The first-order valence-corrected chi connectivity index (χ1v) is 6.98. The monoisotopic (exact) mass is 287 g/mol. The Bertz CT molecular complexity index is 677. The molecule has 6 nitrogen and oxygen atoms in total. The van der Waals surface area contributed by atoms with E-state index in [0.717, 1.165) is 18.7 Å². The van der Waals surface area contributed by atoms with Gasteiger partial charge in [-0.05, 0) is 50.5 Å². The molecule has 3 rings (SSSR count). The predicted octanol–water partition coefficient (Wildman–Crippen LogP) is 2.45. The molecule has 0 spiro atoms. The normalized spacial score (nSPS) is 15.7. The minimum atomic E-state index is -0.356. The van der Waals surface area contributed by atoms with Crippen LogP contribution in [-0.2, 0) is 0 Å². The number of rotatable bonds is 4. The van der Waals surface area contributed by atoms with Gasteiger partial charge in [-0.25, -0.2) is 0 Å². The van der Waals surface area contributed by atoms with Crippen molar-refractivity contribution in [2.75, 3.05) is 0 Å². The second-order valence-electron chi connectivity index (χ2n) is 5.46. The molecule has 1 aliphatic carbocycles. The first-order valence-electron chi connectivity index (χ1n) is 6.98. The molecule has 21 heavy (non-hydrogen) atoms. The van der Waals surface area contributed by atoms with E-state index in [4.69, 9.17) is 4.52 Å². The number of amides is 1. The summed E-state index contributed by atoms with van der Waals surface area (Å²) in [5.74, 6) is 1.48. The van der Waals surface area contributed by atoms with Crippen molar-refractivity contribution in [1.82, 2.24) is 15.5 Å². The van der Waals surface area contributed by atoms with Gasteiger partial charge >= 0.3 is 0 Å². The third-order valence-corrected chi connectivity index (χ3v) is 3.57. The number of nitrogens with one attached hydrogen (secondary N) is 1. The van der Waals surface area contributed by atoms with Gasteiger partial charge in [0.15, 0.2) is 5.82 Å². The Morgan fingerprint density at radius 3 is 2.90 bits per heavy atom. The molecule has 2 N–H and O–H groups in total. The standard InChI is InChI=1S/C15H17N3O3/c1-8-7-11(19)5-6-12(8)14(20)16-9(2)15-17-13(18-21-15)10-3-4-10/h5-7,9-10,19H,3-4H2,1-2H3,(H,16,20). The zero-order valence-electron chi connectivity index (χ0n) is 12.0. The Balaban J connectivity index is 1.70. The van der Waals surface area contributed by atoms with Crippen LogP contribution in [0.2, 0.25) is 0 Å². The van der Waals surface area contributed by atoms with Crippen molar-refractivity contribution in [3.05, 3.63) is 41.0 Å². The topological polar surface area (TPSA) is 88.2 Å². The molecular weight excluding hydrogens is 270 g/mol. The van der Waals surface area contributed by atoms with Gasteiger partial charge < -0.3 is 14.9 Å². The molecule has 2 aromatic rings. The van der Waals surface area contributed by atoms with Crippen LogP contribution < -0.4 is 5.32 Å². The van der Waals surface area contributed by atoms with Gasteiger partial charge in [0.1, 0.15) is 11.8 Å². The van der Waals surface area contributed by atoms with Crippen LogP contribution in [0.5, 0.6) is 5.75 Å². The van der Waals surface area contributed by atoms with Gasteiger partial charge in [0, 0.05) is 11.5 Å². The molecule has 6 heteroatoms. The summed E-state index contributed by atoms with van der Waals surface area (Å²) in [6.07, 6.45) is 2.21. The first-order chi connectivity index (χ1) is 10.0. The summed E-state index contributed by atoms with van der Waals surface area (Å²) in [6.45, 7) is 3.58. The van der Waals surface area contributed by atoms with Gasteiger partial charge in [-0.2, -0.15) is 4.98 Å². The van der Waals surface area contributed by atoms with Gasteiger partial charge in [0.2, 0.25) is 5.89 Å². The fourth-order valence-corrected chi connectivity index (χ4v) is 2.17. The number of aromatic hydroxyl groups is 1. The summed E-state index contributed by atoms with van der Waals surface area (Å²) in [5, 5.41) is 16.1. The van der Waals surface area contributed by atoms with E-state index in [1.807, 2.05) is 0 Å². The van der Waals surface area contributed by atoms with Crippen LogP contribution in [0, 0.1) is 6.92 Å². The van der Waals surface area contributed by atoms with Crippen molar-refractivity contribution in [3.8, 4) is 5.75 Å². The van der Waals surface area contributed by atoms with Gasteiger partial charge in [0.25, 0.3) is 5.91 Å². The number of phenols is 1. The molecule has 1 amide bonds. The molecule has 1 fully saturated rings. The van der Waals surface area contributed by atoms with E-state index in [2.05, 4.69) is 15.5 Å². The number of aromatic nitrogens is 2. The van der Waals surface area contributed by atoms with Crippen LogP contribution in [0.15, 0.2) is 22.7 Å². The molecule has 1 aromatic carbocycles. The summed E-state index contributed by atoms with van der Waals surface area (Å²) in [5.41, 5.74) is 1.23. The maximum Gasteiger partial charge on any atom is 0.252 e. The van der Waals surface area contributed by atoms with E-state index in [1.54, 1.807) is 26.0 Å². The Kier molecular flexibility index (Phi) is 3.37. The smallest absolute Gasteiger partial charge is 0.252 e. The van der Waals surface area contributed by atoms with Crippen molar-refractivity contribution in [1.29, 1.82) is 0 Å². The molecule has 1 atom stereocenters. The highest BCUT2D eigenvalue weighted by atomic mass is 16.5. The zero-order chi connectivity index (χ0) is 15.0. The minimum absolute atomic E-state index is 0.142. The number of carbonyl (C=O) groups is 1. The number of hydrogen-bond donors (Lipinski definition) is 2. The highest BCUT2D eigenvalue weighted by Crippen LogP contribution is 2.38. The molecule has 0 aliphatic heterocycles. The first kappa shape index (κ1) is 13.6. The molecule has 110 valence electrons. The van der Waals surface area contributed by atoms with Gasteiger partial charge in [-0.1, -0.05) is 5.16 Å². The largest absolute Gasteiger partial charge is 0.508 e. The number of carbonyl (C=O) groups excluding carboxylic acids is 1. The lowest BCUT2D eigenvalue weighted by Gasteiger charge is -2.11. The van der Waals surface area contributed by atoms with Crippen molar-refractivity contribution >= 4 is 5.91 Å². The van der Waals surface area contributed by atoms with E-state index >= 15 is 0 Å². The number of aryl methyl sites for hydroxylation is 1. The van der Waals surface area contributed by atoms with Crippen LogP contribution in [0.25, 0.3) is 0 Å². The van der Waals surface area contributed by atoms with E-state index < -0.39 is 0 Å². The van der Waals surface area contributed by atoms with Crippen LogP contribution in [0.4, 0.5) is 0 Å². The lowest BCUT2D eigenvalue weighted by Crippen LogP contribution is -2.27. The molecule has 0 radical (unpaired) electrons. The Morgan fingerprint density at radius 2 is 2.24 bits per heavy atom. The van der Waals surface area contributed by atoms with Crippen LogP contribution in [-0.4, -0.2) is 21.2 Å². The summed E-state index contributed by atoms with van der Waals surface area (Å²) in [6, 6.07) is 4.28. The predicted molar refractivity (Wildman–Crippen MR) is 75.0 cm³/mol. The molecule has 1 saturated carbocycles. The van der Waals surface area contributed by atoms with Crippen molar-refractivity contribution in [2.24, 2.45) is 0 Å². The van der Waals surface area contributed by atoms with Crippen LogP contribution in [0.1, 0.15) is 59.4 Å². The highest BCUT2D eigenvalue weighted by Gasteiger charge is 2.29. The lowest BCUT2D eigenvalue weighted by atomic mass is 10.1. The number of nitrogens with zero attached hydrogens (tertiary/aromatic N) is 2. The molecule has 0 saturated heterocycles. The molecule has 1 heterocycles. The number of phenolic OH excluding ortho intramolecular Hbond substituents is 1.